The number of aryl methyl sites for hydroxylation is 1. The van der Waals surface area contributed by atoms with E-state index in [1.165, 1.54) is 0 Å². The predicted molar refractivity (Wildman–Crippen MR) is 95.1 cm³/mol. The van der Waals surface area contributed by atoms with Gasteiger partial charge in [0.15, 0.2) is 0 Å². The Bertz CT molecular complexity index is 709. The Morgan fingerprint density at radius 2 is 2.08 bits per heavy atom. The first kappa shape index (κ1) is 16.8. The quantitative estimate of drug-likeness (QED) is 0.870. The van der Waals surface area contributed by atoms with Crippen LogP contribution in [-0.2, 0) is 4.74 Å². The van der Waals surface area contributed by atoms with E-state index in [9.17, 15) is 4.79 Å². The fraction of sp³-hybridized carbons (Fsp3) is 0.316. The lowest BCUT2D eigenvalue weighted by Gasteiger charge is -2.12. The van der Waals surface area contributed by atoms with E-state index in [4.69, 9.17) is 21.1 Å². The van der Waals surface area contributed by atoms with Crippen molar-refractivity contribution in [2.75, 3.05) is 18.5 Å². The van der Waals surface area contributed by atoms with Gasteiger partial charge in [0, 0.05) is 22.9 Å². The molecule has 1 N–H and O–H groups in total. The monoisotopic (exact) mass is 345 g/mol. The zero-order chi connectivity index (χ0) is 16.9. The standard InChI is InChI=1S/C19H20ClNO3/c1-13-4-7-15(20)11-18(13)21-19(22)14-5-8-16(9-6-14)24-12-17-3-2-10-23-17/h4-9,11,17H,2-3,10,12H2,1H3,(H,21,22). The minimum absolute atomic E-state index is 0.175. The summed E-state index contributed by atoms with van der Waals surface area (Å²) in [6.45, 7) is 3.29. The highest BCUT2D eigenvalue weighted by atomic mass is 35.5. The van der Waals surface area contributed by atoms with Crippen LogP contribution in [-0.4, -0.2) is 25.2 Å². The van der Waals surface area contributed by atoms with E-state index >= 15 is 0 Å². The smallest absolute Gasteiger partial charge is 0.255 e. The largest absolute Gasteiger partial charge is 0.491 e. The number of halogens is 1. The van der Waals surface area contributed by atoms with E-state index in [2.05, 4.69) is 5.32 Å². The summed E-state index contributed by atoms with van der Waals surface area (Å²) < 4.78 is 11.2. The van der Waals surface area contributed by atoms with Crippen LogP contribution in [0.2, 0.25) is 5.02 Å². The number of hydrogen-bond donors (Lipinski definition) is 1. The lowest BCUT2D eigenvalue weighted by Crippen LogP contribution is -2.16. The topological polar surface area (TPSA) is 47.6 Å². The maximum absolute atomic E-state index is 12.3. The van der Waals surface area contributed by atoms with Crippen LogP contribution in [0.1, 0.15) is 28.8 Å². The molecule has 4 nitrogen and oxygen atoms in total. The molecule has 24 heavy (non-hydrogen) atoms. The maximum atomic E-state index is 12.3. The number of carbonyl (C=O) groups is 1. The summed E-state index contributed by atoms with van der Waals surface area (Å²) in [6.07, 6.45) is 2.31. The number of rotatable bonds is 5. The molecule has 1 aliphatic heterocycles. The highest BCUT2D eigenvalue weighted by molar-refractivity contribution is 6.31. The summed E-state index contributed by atoms with van der Waals surface area (Å²) in [7, 11) is 0. The van der Waals surface area contributed by atoms with Crippen LogP contribution >= 0.6 is 11.6 Å². The summed E-state index contributed by atoms with van der Waals surface area (Å²) in [4.78, 5) is 12.3. The third-order valence-electron chi connectivity index (χ3n) is 4.02. The first-order chi connectivity index (χ1) is 11.6. The van der Waals surface area contributed by atoms with Crippen molar-refractivity contribution in [2.24, 2.45) is 0 Å². The zero-order valence-corrected chi connectivity index (χ0v) is 14.3. The second kappa shape index (κ2) is 7.69. The van der Waals surface area contributed by atoms with Gasteiger partial charge in [0.1, 0.15) is 12.4 Å². The third kappa shape index (κ3) is 4.28. The van der Waals surface area contributed by atoms with Crippen molar-refractivity contribution in [2.45, 2.75) is 25.9 Å². The molecule has 1 fully saturated rings. The molecule has 0 saturated carbocycles. The molecule has 1 unspecified atom stereocenters. The molecule has 2 aromatic rings. The summed E-state index contributed by atoms with van der Waals surface area (Å²) in [5, 5.41) is 3.47. The van der Waals surface area contributed by atoms with Crippen molar-refractivity contribution in [3.63, 3.8) is 0 Å². The average Bonchev–Trinajstić information content (AvgIpc) is 3.10. The first-order valence-electron chi connectivity index (χ1n) is 8.04. The number of ether oxygens (including phenoxy) is 2. The second-order valence-electron chi connectivity index (χ2n) is 5.88. The molecule has 1 heterocycles. The maximum Gasteiger partial charge on any atom is 0.255 e. The lowest BCUT2D eigenvalue weighted by molar-refractivity contribution is 0.0679. The Labute approximate surface area is 146 Å². The molecule has 1 atom stereocenters. The van der Waals surface area contributed by atoms with Crippen LogP contribution in [0.4, 0.5) is 5.69 Å². The Hall–Kier alpha value is -2.04. The number of anilines is 1. The van der Waals surface area contributed by atoms with Crippen molar-refractivity contribution in [3.8, 4) is 5.75 Å². The fourth-order valence-corrected chi connectivity index (χ4v) is 2.76. The molecule has 126 valence electrons. The highest BCUT2D eigenvalue weighted by Gasteiger charge is 2.16. The van der Waals surface area contributed by atoms with Crippen LogP contribution in [0.25, 0.3) is 0 Å². The van der Waals surface area contributed by atoms with Gasteiger partial charge in [0.2, 0.25) is 0 Å². The van der Waals surface area contributed by atoms with Gasteiger partial charge in [0.05, 0.1) is 6.10 Å². The van der Waals surface area contributed by atoms with E-state index in [1.807, 2.05) is 13.0 Å². The van der Waals surface area contributed by atoms with E-state index in [0.29, 0.717) is 22.9 Å². The van der Waals surface area contributed by atoms with Gasteiger partial charge >= 0.3 is 0 Å². The highest BCUT2D eigenvalue weighted by Crippen LogP contribution is 2.22. The number of carbonyl (C=O) groups excluding carboxylic acids is 1. The summed E-state index contributed by atoms with van der Waals surface area (Å²) in [5.74, 6) is 0.562. The molecular weight excluding hydrogens is 326 g/mol. The van der Waals surface area contributed by atoms with Gasteiger partial charge in [0.25, 0.3) is 5.91 Å². The summed E-state index contributed by atoms with van der Waals surface area (Å²) in [6, 6.07) is 12.5. The molecule has 0 aliphatic carbocycles. The van der Waals surface area contributed by atoms with Crippen LogP contribution in [0.3, 0.4) is 0 Å². The molecule has 1 aliphatic rings. The van der Waals surface area contributed by atoms with Crippen molar-refractivity contribution in [1.29, 1.82) is 0 Å². The van der Waals surface area contributed by atoms with Gasteiger partial charge in [-0.3, -0.25) is 4.79 Å². The van der Waals surface area contributed by atoms with Crippen LogP contribution in [0.5, 0.6) is 5.75 Å². The minimum atomic E-state index is -0.175. The Balaban J connectivity index is 1.59. The SMILES string of the molecule is Cc1ccc(Cl)cc1NC(=O)c1ccc(OCC2CCCO2)cc1. The fourth-order valence-electron chi connectivity index (χ4n) is 2.59. The van der Waals surface area contributed by atoms with Crippen LogP contribution in [0, 0.1) is 6.92 Å². The van der Waals surface area contributed by atoms with Crippen LogP contribution in [0.15, 0.2) is 42.5 Å². The molecule has 3 rings (SSSR count). The van der Waals surface area contributed by atoms with Gasteiger partial charge in [-0.15, -0.1) is 0 Å². The van der Waals surface area contributed by atoms with Gasteiger partial charge < -0.3 is 14.8 Å². The number of hydrogen-bond acceptors (Lipinski definition) is 3. The molecule has 1 saturated heterocycles. The molecule has 0 spiro atoms. The first-order valence-corrected chi connectivity index (χ1v) is 8.41. The number of nitrogens with one attached hydrogen (secondary N) is 1. The number of benzene rings is 2. The number of amides is 1. The third-order valence-corrected chi connectivity index (χ3v) is 4.26. The summed E-state index contributed by atoms with van der Waals surface area (Å²) >= 11 is 5.98. The molecule has 0 aromatic heterocycles. The molecule has 5 heteroatoms. The van der Waals surface area contributed by atoms with Crippen LogP contribution < -0.4 is 10.1 Å². The van der Waals surface area contributed by atoms with Gasteiger partial charge in [-0.25, -0.2) is 0 Å². The molecular formula is C19H20ClNO3. The Kier molecular flexibility index (Phi) is 5.38. The molecule has 0 bridgehead atoms. The van der Waals surface area contributed by atoms with Crippen molar-refractivity contribution >= 4 is 23.2 Å². The molecule has 0 radical (unpaired) electrons. The van der Waals surface area contributed by atoms with E-state index in [-0.39, 0.29) is 12.0 Å². The van der Waals surface area contributed by atoms with Gasteiger partial charge in [-0.1, -0.05) is 17.7 Å². The normalized spacial score (nSPS) is 16.8. The van der Waals surface area contributed by atoms with E-state index in [0.717, 1.165) is 30.8 Å². The van der Waals surface area contributed by atoms with E-state index < -0.39 is 0 Å². The van der Waals surface area contributed by atoms with Crippen molar-refractivity contribution in [1.82, 2.24) is 0 Å². The average molecular weight is 346 g/mol. The van der Waals surface area contributed by atoms with Crippen molar-refractivity contribution < 1.29 is 14.3 Å². The van der Waals surface area contributed by atoms with Gasteiger partial charge in [-0.05, 0) is 61.7 Å². The minimum Gasteiger partial charge on any atom is -0.491 e. The summed E-state index contributed by atoms with van der Waals surface area (Å²) in [5.41, 5.74) is 2.24. The van der Waals surface area contributed by atoms with E-state index in [1.54, 1.807) is 36.4 Å². The predicted octanol–water partition coefficient (Wildman–Crippen LogP) is 4.46. The second-order valence-corrected chi connectivity index (χ2v) is 6.32. The zero-order valence-electron chi connectivity index (χ0n) is 13.5. The molecule has 1 amide bonds. The van der Waals surface area contributed by atoms with Crippen molar-refractivity contribution in [3.05, 3.63) is 58.6 Å². The molecule has 2 aromatic carbocycles. The Morgan fingerprint density at radius 1 is 1.29 bits per heavy atom. The Morgan fingerprint density at radius 3 is 2.79 bits per heavy atom. The van der Waals surface area contributed by atoms with Gasteiger partial charge in [-0.2, -0.15) is 0 Å². The lowest BCUT2D eigenvalue weighted by atomic mass is 10.1.